The molecule has 0 radical (unpaired) electrons. The number of carbonyl (C=O) groups excluding carboxylic acids is 1. The number of alkyl halides is 6. The number of aromatic nitrogens is 2. The molecular weight excluding hydrogens is 476 g/mol. The van der Waals surface area contributed by atoms with Crippen LogP contribution in [0.15, 0.2) is 24.5 Å². The van der Waals surface area contributed by atoms with Gasteiger partial charge in [-0.05, 0) is 19.2 Å². The average Bonchev–Trinajstić information content (AvgIpc) is 3.06. The molecule has 2 fully saturated rings. The highest BCUT2D eigenvalue weighted by atomic mass is 19.4. The normalized spacial score (nSPS) is 23.2. The van der Waals surface area contributed by atoms with Gasteiger partial charge in [-0.1, -0.05) is 0 Å². The number of carboxylic acids is 1. The van der Waals surface area contributed by atoms with Crippen LogP contribution in [-0.4, -0.2) is 82.3 Å². The van der Waals surface area contributed by atoms with Crippen molar-refractivity contribution in [3.63, 3.8) is 0 Å². The number of esters is 1. The number of morpholine rings is 1. The third-order valence-corrected chi connectivity index (χ3v) is 5.56. The van der Waals surface area contributed by atoms with Crippen molar-refractivity contribution in [1.82, 2.24) is 14.5 Å². The van der Waals surface area contributed by atoms with Gasteiger partial charge in [-0.3, -0.25) is 4.90 Å². The van der Waals surface area contributed by atoms with Crippen LogP contribution >= 0.6 is 0 Å². The summed E-state index contributed by atoms with van der Waals surface area (Å²) in [5.74, 6) is -3.37. The van der Waals surface area contributed by atoms with E-state index in [9.17, 15) is 31.1 Å². The van der Waals surface area contributed by atoms with Crippen molar-refractivity contribution in [3.05, 3.63) is 30.1 Å². The lowest BCUT2D eigenvalue weighted by Crippen LogP contribution is -2.56. The Morgan fingerprint density at radius 3 is 2.29 bits per heavy atom. The molecule has 4 heterocycles. The standard InChI is InChI=1S/C18H20F3N3O3.C2HF3O2/c1-23-11-5-13(6-12(23)9-26-8-11)27-17(25)15-7-24(10-18(19,20)21)16-14(15)3-2-4-22-16;3-2(4,5)1(6)7/h2-4,7,11-13H,5-6,8-10H2,1H3;(H,6,7)/t11-,12+,13?;. The van der Waals surface area contributed by atoms with Crippen LogP contribution in [-0.2, 0) is 20.8 Å². The molecule has 2 bridgehead atoms. The van der Waals surface area contributed by atoms with Crippen molar-refractivity contribution < 1.29 is 50.5 Å². The number of hydrogen-bond acceptors (Lipinski definition) is 6. The van der Waals surface area contributed by atoms with Crippen LogP contribution in [0.3, 0.4) is 0 Å². The second kappa shape index (κ2) is 9.78. The van der Waals surface area contributed by atoms with Crippen molar-refractivity contribution in [1.29, 1.82) is 0 Å². The fourth-order valence-corrected chi connectivity index (χ4v) is 3.96. The summed E-state index contributed by atoms with van der Waals surface area (Å²) in [5.41, 5.74) is 0.234. The van der Waals surface area contributed by atoms with E-state index >= 15 is 0 Å². The van der Waals surface area contributed by atoms with E-state index in [1.807, 2.05) is 7.05 Å². The number of carbonyl (C=O) groups is 2. The number of piperidine rings is 1. The number of hydrogen-bond donors (Lipinski definition) is 1. The number of halogens is 6. The van der Waals surface area contributed by atoms with E-state index in [2.05, 4.69) is 9.88 Å². The van der Waals surface area contributed by atoms with Crippen molar-refractivity contribution in [2.24, 2.45) is 0 Å². The molecule has 2 aliphatic heterocycles. The molecule has 188 valence electrons. The number of nitrogens with zero attached hydrogens (tertiary/aromatic N) is 3. The minimum atomic E-state index is -5.08. The summed E-state index contributed by atoms with van der Waals surface area (Å²) in [6, 6.07) is 3.55. The molecule has 2 aliphatic rings. The summed E-state index contributed by atoms with van der Waals surface area (Å²) < 4.78 is 82.4. The minimum absolute atomic E-state index is 0.114. The zero-order chi connectivity index (χ0) is 25.3. The highest BCUT2D eigenvalue weighted by Crippen LogP contribution is 2.30. The van der Waals surface area contributed by atoms with Crippen LogP contribution in [0.25, 0.3) is 11.0 Å². The molecule has 4 rings (SSSR count). The number of pyridine rings is 1. The number of carboxylic acid groups (broad SMARTS) is 1. The molecule has 0 aromatic carbocycles. The largest absolute Gasteiger partial charge is 0.490 e. The Hall–Kier alpha value is -2.87. The second-order valence-corrected chi connectivity index (χ2v) is 7.97. The van der Waals surface area contributed by atoms with Crippen molar-refractivity contribution in [3.8, 4) is 0 Å². The number of rotatable bonds is 3. The maximum atomic E-state index is 12.8. The quantitative estimate of drug-likeness (QED) is 0.514. The van der Waals surface area contributed by atoms with Gasteiger partial charge in [0.25, 0.3) is 0 Å². The molecule has 1 unspecified atom stereocenters. The van der Waals surface area contributed by atoms with E-state index in [1.165, 1.54) is 12.4 Å². The van der Waals surface area contributed by atoms with Gasteiger partial charge in [-0.2, -0.15) is 26.3 Å². The van der Waals surface area contributed by atoms with Gasteiger partial charge in [0.1, 0.15) is 18.3 Å². The highest BCUT2D eigenvalue weighted by Gasteiger charge is 2.39. The third-order valence-electron chi connectivity index (χ3n) is 5.56. The molecule has 0 spiro atoms. The number of likely N-dealkylation sites (N-methyl/N-ethyl adjacent to an activating group) is 1. The van der Waals surface area contributed by atoms with Crippen LogP contribution in [0.2, 0.25) is 0 Å². The highest BCUT2D eigenvalue weighted by molar-refractivity contribution is 6.03. The topological polar surface area (TPSA) is 93.9 Å². The minimum Gasteiger partial charge on any atom is -0.475 e. The van der Waals surface area contributed by atoms with Crippen LogP contribution in [0.1, 0.15) is 23.2 Å². The molecule has 1 N–H and O–H groups in total. The fourth-order valence-electron chi connectivity index (χ4n) is 3.96. The van der Waals surface area contributed by atoms with Crippen LogP contribution < -0.4 is 0 Å². The summed E-state index contributed by atoms with van der Waals surface area (Å²) in [6.07, 6.45) is -5.87. The lowest BCUT2D eigenvalue weighted by atomic mass is 9.92. The Morgan fingerprint density at radius 2 is 1.76 bits per heavy atom. The second-order valence-electron chi connectivity index (χ2n) is 7.97. The van der Waals surface area contributed by atoms with Crippen molar-refractivity contribution in [2.45, 2.75) is 49.9 Å². The van der Waals surface area contributed by atoms with Crippen LogP contribution in [0, 0.1) is 0 Å². The first kappa shape index (κ1) is 25.7. The molecule has 2 saturated heterocycles. The Bertz CT molecular complexity index is 1020. The van der Waals surface area contributed by atoms with E-state index < -0.39 is 30.8 Å². The molecule has 2 aromatic heterocycles. The summed E-state index contributed by atoms with van der Waals surface area (Å²) in [5, 5.41) is 7.49. The average molecular weight is 497 g/mol. The van der Waals surface area contributed by atoms with Gasteiger partial charge in [-0.25, -0.2) is 14.6 Å². The fraction of sp³-hybridized carbons (Fsp3) is 0.550. The van der Waals surface area contributed by atoms with Gasteiger partial charge in [-0.15, -0.1) is 0 Å². The first-order valence-corrected chi connectivity index (χ1v) is 10.1. The first-order chi connectivity index (χ1) is 15.8. The molecule has 34 heavy (non-hydrogen) atoms. The zero-order valence-corrected chi connectivity index (χ0v) is 17.8. The Balaban J connectivity index is 0.000000406. The summed E-state index contributed by atoms with van der Waals surface area (Å²) in [6.45, 7) is -0.0186. The van der Waals surface area contributed by atoms with Gasteiger partial charge < -0.3 is 19.1 Å². The molecule has 0 amide bonds. The smallest absolute Gasteiger partial charge is 0.475 e. The SMILES string of the molecule is CN1[C@@H]2COC[C@H]1CC(OC(=O)c1cn(CC(F)(F)F)c3ncccc13)C2.O=C(O)C(F)(F)F. The molecular formula is C20H21F6N3O5. The number of fused-ring (bicyclic) bond motifs is 3. The van der Waals surface area contributed by atoms with E-state index in [1.54, 1.807) is 12.1 Å². The van der Waals surface area contributed by atoms with Crippen molar-refractivity contribution in [2.75, 3.05) is 20.3 Å². The Labute approximate surface area is 189 Å². The van der Waals surface area contributed by atoms with E-state index in [4.69, 9.17) is 19.4 Å². The number of ether oxygens (including phenoxy) is 2. The first-order valence-electron chi connectivity index (χ1n) is 10.1. The summed E-state index contributed by atoms with van der Waals surface area (Å²) >= 11 is 0. The molecule has 8 nitrogen and oxygen atoms in total. The predicted octanol–water partition coefficient (Wildman–Crippen LogP) is 3.25. The molecule has 14 heteroatoms. The molecule has 0 saturated carbocycles. The number of aliphatic carboxylic acids is 1. The molecule has 2 aromatic rings. The van der Waals surface area contributed by atoms with E-state index in [0.29, 0.717) is 31.4 Å². The lowest BCUT2D eigenvalue weighted by molar-refractivity contribution is -0.192. The maximum absolute atomic E-state index is 12.8. The van der Waals surface area contributed by atoms with Gasteiger partial charge in [0.05, 0.1) is 18.8 Å². The third kappa shape index (κ3) is 6.17. The van der Waals surface area contributed by atoms with Crippen LogP contribution in [0.4, 0.5) is 26.3 Å². The van der Waals surface area contributed by atoms with Gasteiger partial charge in [0.15, 0.2) is 0 Å². The maximum Gasteiger partial charge on any atom is 0.490 e. The Morgan fingerprint density at radius 1 is 1.18 bits per heavy atom. The Kier molecular flexibility index (Phi) is 7.41. The van der Waals surface area contributed by atoms with Gasteiger partial charge in [0.2, 0.25) is 0 Å². The predicted molar refractivity (Wildman–Crippen MR) is 104 cm³/mol. The molecule has 0 aliphatic carbocycles. The molecule has 3 atom stereocenters. The van der Waals surface area contributed by atoms with Gasteiger partial charge >= 0.3 is 24.3 Å². The summed E-state index contributed by atoms with van der Waals surface area (Å²) in [7, 11) is 2.03. The van der Waals surface area contributed by atoms with Crippen molar-refractivity contribution >= 4 is 23.0 Å². The monoisotopic (exact) mass is 497 g/mol. The zero-order valence-electron chi connectivity index (χ0n) is 17.8. The van der Waals surface area contributed by atoms with E-state index in [0.717, 1.165) is 4.57 Å². The van der Waals surface area contributed by atoms with Gasteiger partial charge in [0, 0.05) is 42.7 Å². The summed E-state index contributed by atoms with van der Waals surface area (Å²) in [4.78, 5) is 27.9. The van der Waals surface area contributed by atoms with E-state index in [-0.39, 0.29) is 29.4 Å². The van der Waals surface area contributed by atoms with Crippen LogP contribution in [0.5, 0.6) is 0 Å². The lowest BCUT2D eigenvalue weighted by Gasteiger charge is -2.46.